The first-order valence-electron chi connectivity index (χ1n) is 11.1. The van der Waals surface area contributed by atoms with Crippen LogP contribution in [0.5, 0.6) is 0 Å². The molecule has 2 aromatic rings. The van der Waals surface area contributed by atoms with Crippen molar-refractivity contribution in [3.63, 3.8) is 0 Å². The van der Waals surface area contributed by atoms with Gasteiger partial charge in [0.2, 0.25) is 0 Å². The van der Waals surface area contributed by atoms with E-state index < -0.39 is 14.5 Å². The summed E-state index contributed by atoms with van der Waals surface area (Å²) in [7, 11) is -0.902. The van der Waals surface area contributed by atoms with Crippen molar-refractivity contribution in [2.75, 3.05) is 13.3 Å². The Morgan fingerprint density at radius 3 is 2.47 bits per heavy atom. The number of hydrogen-bond acceptors (Lipinski definition) is 7. The number of imidazole rings is 1. The highest BCUT2D eigenvalue weighted by atomic mass is 31.2. The van der Waals surface area contributed by atoms with Gasteiger partial charge in [-0.05, 0) is 54.6 Å². The summed E-state index contributed by atoms with van der Waals surface area (Å²) in [6.07, 6.45) is 1.25. The number of fused-ring (bicyclic) bond motifs is 1. The lowest BCUT2D eigenvalue weighted by molar-refractivity contribution is -0.0360. The van der Waals surface area contributed by atoms with Gasteiger partial charge in [0.25, 0.3) is 5.56 Å². The molecule has 0 spiro atoms. The maximum atomic E-state index is 12.3. The lowest BCUT2D eigenvalue weighted by Crippen LogP contribution is -2.39. The van der Waals surface area contributed by atoms with E-state index in [1.54, 1.807) is 13.3 Å². The molecule has 0 aromatic carbocycles. The number of aromatic nitrogens is 4. The van der Waals surface area contributed by atoms with Crippen molar-refractivity contribution in [3.05, 3.63) is 22.5 Å². The molecule has 182 valence electrons. The van der Waals surface area contributed by atoms with E-state index in [1.807, 2.05) is 11.5 Å². The van der Waals surface area contributed by atoms with Crippen molar-refractivity contribution in [2.45, 2.75) is 98.9 Å². The molecule has 3 rings (SSSR count). The highest BCUT2D eigenvalue weighted by Gasteiger charge is 2.48. The lowest BCUT2D eigenvalue weighted by atomic mass is 10.1. The SMILES string of the molecule is C.CCO[C@@H]1C(OP(C)N(C(C)C)C(C)C)[C@H](n2cnc3c(=O)[nH]c(C)nc32)O[C@@H]1CC. The van der Waals surface area contributed by atoms with Gasteiger partial charge in [-0.3, -0.25) is 14.0 Å². The normalized spacial score (nSPS) is 24.6. The van der Waals surface area contributed by atoms with Crippen LogP contribution in [-0.4, -0.2) is 67.9 Å². The number of rotatable bonds is 9. The van der Waals surface area contributed by atoms with Gasteiger partial charge in [0.15, 0.2) is 17.4 Å². The van der Waals surface area contributed by atoms with Gasteiger partial charge in [-0.15, -0.1) is 0 Å². The Bertz CT molecular complexity index is 923. The molecule has 10 heteroatoms. The fourth-order valence-corrected chi connectivity index (χ4v) is 6.45. The van der Waals surface area contributed by atoms with Gasteiger partial charge < -0.3 is 19.0 Å². The van der Waals surface area contributed by atoms with Gasteiger partial charge in [-0.2, -0.15) is 0 Å². The highest BCUT2D eigenvalue weighted by Crippen LogP contribution is 2.48. The average molecular weight is 470 g/mol. The zero-order valence-electron chi connectivity index (χ0n) is 19.8. The second kappa shape index (κ2) is 11.2. The first-order valence-corrected chi connectivity index (χ1v) is 12.7. The van der Waals surface area contributed by atoms with Crippen molar-refractivity contribution >= 4 is 19.5 Å². The number of H-pyrrole nitrogens is 1. The summed E-state index contributed by atoms with van der Waals surface area (Å²) >= 11 is 0. The van der Waals surface area contributed by atoms with Crippen LogP contribution in [0.25, 0.3) is 11.2 Å². The molecule has 0 radical (unpaired) electrons. The maximum absolute atomic E-state index is 12.3. The highest BCUT2D eigenvalue weighted by molar-refractivity contribution is 7.49. The van der Waals surface area contributed by atoms with E-state index in [4.69, 9.17) is 14.0 Å². The van der Waals surface area contributed by atoms with E-state index in [2.05, 4.69) is 60.9 Å². The van der Waals surface area contributed by atoms with Gasteiger partial charge in [-0.25, -0.2) is 9.97 Å². The Morgan fingerprint density at radius 1 is 1.25 bits per heavy atom. The molecule has 0 amide bonds. The van der Waals surface area contributed by atoms with Gasteiger partial charge in [0.05, 0.1) is 12.4 Å². The molecule has 5 atom stereocenters. The zero-order valence-corrected chi connectivity index (χ0v) is 20.7. The predicted molar refractivity (Wildman–Crippen MR) is 129 cm³/mol. The molecule has 9 nitrogen and oxygen atoms in total. The number of nitrogens with one attached hydrogen (secondary N) is 1. The Labute approximate surface area is 192 Å². The molecular formula is C22H40N5O4P. The molecule has 3 heterocycles. The predicted octanol–water partition coefficient (Wildman–Crippen LogP) is 4.22. The number of ether oxygens (including phenoxy) is 2. The summed E-state index contributed by atoms with van der Waals surface area (Å²) in [5.74, 6) is 0.534. The summed E-state index contributed by atoms with van der Waals surface area (Å²) in [6.45, 7) is 17.3. The molecule has 1 N–H and O–H groups in total. The van der Waals surface area contributed by atoms with Gasteiger partial charge in [0, 0.05) is 18.7 Å². The second-order valence-corrected chi connectivity index (χ2v) is 10.1. The summed E-state index contributed by atoms with van der Waals surface area (Å²) in [5, 5.41) is 0. The minimum absolute atomic E-state index is 0. The molecule has 1 fully saturated rings. The topological polar surface area (TPSA) is 94.5 Å². The van der Waals surface area contributed by atoms with E-state index in [0.717, 1.165) is 6.42 Å². The molecule has 0 aliphatic carbocycles. The Kier molecular flexibility index (Phi) is 9.37. The van der Waals surface area contributed by atoms with Crippen molar-refractivity contribution in [3.8, 4) is 0 Å². The average Bonchev–Trinajstić information content (AvgIpc) is 3.23. The van der Waals surface area contributed by atoms with Crippen molar-refractivity contribution in [1.29, 1.82) is 0 Å². The first kappa shape index (κ1) is 26.9. The summed E-state index contributed by atoms with van der Waals surface area (Å²) in [4.78, 5) is 23.9. The summed E-state index contributed by atoms with van der Waals surface area (Å²) in [5.41, 5.74) is 0.538. The van der Waals surface area contributed by atoms with Crippen molar-refractivity contribution < 1.29 is 14.0 Å². The summed E-state index contributed by atoms with van der Waals surface area (Å²) in [6, 6.07) is 0.697. The Balaban J connectivity index is 0.00000363. The van der Waals surface area contributed by atoms with Crippen molar-refractivity contribution in [2.24, 2.45) is 0 Å². The van der Waals surface area contributed by atoms with Crippen LogP contribution in [-0.2, 0) is 14.0 Å². The van der Waals surface area contributed by atoms with E-state index in [1.165, 1.54) is 0 Å². The van der Waals surface area contributed by atoms with Crippen LogP contribution in [0, 0.1) is 6.92 Å². The van der Waals surface area contributed by atoms with Crippen LogP contribution >= 0.6 is 8.30 Å². The monoisotopic (exact) mass is 469 g/mol. The third-order valence-electron chi connectivity index (χ3n) is 5.53. The Morgan fingerprint density at radius 2 is 1.91 bits per heavy atom. The van der Waals surface area contributed by atoms with Crippen LogP contribution in [0.1, 0.15) is 67.4 Å². The molecule has 1 aliphatic rings. The van der Waals surface area contributed by atoms with Crippen LogP contribution < -0.4 is 5.56 Å². The summed E-state index contributed by atoms with van der Waals surface area (Å²) < 4.78 is 23.5. The van der Waals surface area contributed by atoms with Gasteiger partial charge >= 0.3 is 0 Å². The van der Waals surface area contributed by atoms with E-state index in [9.17, 15) is 4.79 Å². The van der Waals surface area contributed by atoms with Crippen LogP contribution in [0.3, 0.4) is 0 Å². The van der Waals surface area contributed by atoms with E-state index >= 15 is 0 Å². The smallest absolute Gasteiger partial charge is 0.279 e. The standard InChI is InChI=1S/C21H36N5O4P.CH4/c1-9-15-17(28-10-2)18(30-31(8)26(12(3)4)13(5)6)21(29-15)25-11-22-16-19(25)23-14(7)24-20(16)27;/h11-13,15,17-18,21H,9-10H2,1-8H3,(H,23,24,27);1H4/t15-,17+,18?,21-,31?;/m1./s1. The zero-order chi connectivity index (χ0) is 22.9. The molecule has 1 aliphatic heterocycles. The van der Waals surface area contributed by atoms with Crippen LogP contribution in [0.4, 0.5) is 0 Å². The minimum atomic E-state index is -0.902. The first-order chi connectivity index (χ1) is 14.7. The largest absolute Gasteiger partial charge is 0.373 e. The van der Waals surface area contributed by atoms with Crippen LogP contribution in [0.2, 0.25) is 0 Å². The fourth-order valence-electron chi connectivity index (χ4n) is 4.47. The van der Waals surface area contributed by atoms with E-state index in [-0.39, 0.29) is 31.3 Å². The molecule has 2 unspecified atom stereocenters. The third-order valence-corrected chi connectivity index (χ3v) is 7.65. The second-order valence-electron chi connectivity index (χ2n) is 8.47. The van der Waals surface area contributed by atoms with Gasteiger partial charge in [-0.1, -0.05) is 14.4 Å². The quantitative estimate of drug-likeness (QED) is 0.550. The molecule has 1 saturated heterocycles. The molecule has 0 bridgehead atoms. The fraction of sp³-hybridized carbons (Fsp3) is 0.773. The van der Waals surface area contributed by atoms with Gasteiger partial charge in [0.1, 0.15) is 26.3 Å². The minimum Gasteiger partial charge on any atom is -0.373 e. The molecule has 2 aromatic heterocycles. The van der Waals surface area contributed by atoms with Crippen LogP contribution in [0.15, 0.2) is 11.1 Å². The van der Waals surface area contributed by atoms with E-state index in [0.29, 0.717) is 35.7 Å². The maximum Gasteiger partial charge on any atom is 0.279 e. The Hall–Kier alpha value is -1.38. The molecule has 32 heavy (non-hydrogen) atoms. The number of hydrogen-bond donors (Lipinski definition) is 1. The lowest BCUT2D eigenvalue weighted by Gasteiger charge is -2.38. The molecule has 0 saturated carbocycles. The van der Waals surface area contributed by atoms with Crippen molar-refractivity contribution in [1.82, 2.24) is 24.2 Å². The number of aromatic amines is 1. The third kappa shape index (κ3) is 5.23. The number of nitrogens with zero attached hydrogens (tertiary/aromatic N) is 4. The molecular weight excluding hydrogens is 429 g/mol. The number of aryl methyl sites for hydroxylation is 1.